The molecule has 1 aromatic rings. The number of rotatable bonds is 3. The van der Waals surface area contributed by atoms with E-state index in [-0.39, 0.29) is 18.4 Å². The van der Waals surface area contributed by atoms with Crippen LogP contribution >= 0.6 is 0 Å². The summed E-state index contributed by atoms with van der Waals surface area (Å²) < 4.78 is 18.2. The second-order valence-electron chi connectivity index (χ2n) is 7.03. The number of hydrogen-bond acceptors (Lipinski definition) is 6. The fourth-order valence-electron chi connectivity index (χ4n) is 3.52. The molecular formula is C19H27FN4O3. The van der Waals surface area contributed by atoms with Crippen molar-refractivity contribution >= 4 is 17.7 Å². The molecule has 1 aromatic carbocycles. The van der Waals surface area contributed by atoms with Crippen molar-refractivity contribution in [1.29, 1.82) is 0 Å². The Balaban J connectivity index is 1.76. The minimum atomic E-state index is -0.579. The lowest BCUT2D eigenvalue weighted by Crippen LogP contribution is -2.64. The summed E-state index contributed by atoms with van der Waals surface area (Å²) in [5.41, 5.74) is 0.924. The van der Waals surface area contributed by atoms with Gasteiger partial charge in [0.1, 0.15) is 12.0 Å². The number of carbonyl (C=O) groups is 2. The molecule has 0 bridgehead atoms. The third-order valence-electron chi connectivity index (χ3n) is 5.23. The van der Waals surface area contributed by atoms with Crippen molar-refractivity contribution in [3.63, 3.8) is 0 Å². The van der Waals surface area contributed by atoms with Gasteiger partial charge in [0.2, 0.25) is 0 Å². The molecule has 3 rings (SSSR count). The van der Waals surface area contributed by atoms with E-state index in [1.165, 1.54) is 12.1 Å². The molecule has 0 saturated carbocycles. The lowest BCUT2D eigenvalue weighted by atomic mass is 10.2. The number of nitrogens with zero attached hydrogens (tertiary/aromatic N) is 4. The fraction of sp³-hybridized carbons (Fsp3) is 0.579. The van der Waals surface area contributed by atoms with E-state index in [2.05, 4.69) is 21.7 Å². The number of carbonyl (C=O) groups excluding carboxylic acids is 2. The fourth-order valence-corrected chi connectivity index (χ4v) is 3.52. The van der Waals surface area contributed by atoms with Gasteiger partial charge in [0, 0.05) is 51.4 Å². The normalized spacial score (nSPS) is 22.0. The zero-order valence-corrected chi connectivity index (χ0v) is 15.9. The first-order valence-electron chi connectivity index (χ1n) is 9.42. The van der Waals surface area contributed by atoms with E-state index in [1.807, 2.05) is 0 Å². The van der Waals surface area contributed by atoms with E-state index < -0.39 is 12.1 Å². The van der Waals surface area contributed by atoms with Crippen LogP contribution in [0.25, 0.3) is 0 Å². The number of ether oxygens (including phenoxy) is 1. The Labute approximate surface area is 159 Å². The SMILES string of the molecule is CCC(=O)OC(=O)N1CCN(c2ccc(F)cc2)CC1N1CCN(C)CC1. The van der Waals surface area contributed by atoms with Crippen LogP contribution in [0, 0.1) is 5.82 Å². The topological polar surface area (TPSA) is 56.3 Å². The molecule has 27 heavy (non-hydrogen) atoms. The molecule has 2 aliphatic rings. The molecule has 7 nitrogen and oxygen atoms in total. The summed E-state index contributed by atoms with van der Waals surface area (Å²) >= 11 is 0. The maximum absolute atomic E-state index is 13.2. The predicted octanol–water partition coefficient (Wildman–Crippen LogP) is 1.59. The molecule has 2 aliphatic heterocycles. The molecule has 0 N–H and O–H groups in total. The molecular weight excluding hydrogens is 351 g/mol. The van der Waals surface area contributed by atoms with Crippen LogP contribution in [0.2, 0.25) is 0 Å². The van der Waals surface area contributed by atoms with Gasteiger partial charge in [-0.3, -0.25) is 14.6 Å². The van der Waals surface area contributed by atoms with Crippen LogP contribution < -0.4 is 4.90 Å². The Morgan fingerprint density at radius 2 is 1.74 bits per heavy atom. The summed E-state index contributed by atoms with van der Waals surface area (Å²) in [5.74, 6) is -0.784. The van der Waals surface area contributed by atoms with Crippen molar-refractivity contribution in [2.75, 3.05) is 57.8 Å². The predicted molar refractivity (Wildman–Crippen MR) is 100.0 cm³/mol. The Hall–Kier alpha value is -2.19. The maximum Gasteiger partial charge on any atom is 0.418 e. The van der Waals surface area contributed by atoms with E-state index in [1.54, 1.807) is 24.0 Å². The Bertz CT molecular complexity index is 661. The monoisotopic (exact) mass is 378 g/mol. The molecule has 0 aromatic heterocycles. The van der Waals surface area contributed by atoms with Crippen LogP contribution in [0.15, 0.2) is 24.3 Å². The number of anilines is 1. The average molecular weight is 378 g/mol. The second kappa shape index (κ2) is 8.67. The smallest absolute Gasteiger partial charge is 0.376 e. The summed E-state index contributed by atoms with van der Waals surface area (Å²) in [5, 5.41) is 0. The summed E-state index contributed by atoms with van der Waals surface area (Å²) in [6.45, 7) is 6.82. The third-order valence-corrected chi connectivity index (χ3v) is 5.23. The number of esters is 1. The van der Waals surface area contributed by atoms with Gasteiger partial charge in [-0.25, -0.2) is 9.18 Å². The van der Waals surface area contributed by atoms with Crippen molar-refractivity contribution in [2.45, 2.75) is 19.5 Å². The third kappa shape index (κ3) is 4.75. The van der Waals surface area contributed by atoms with Crippen molar-refractivity contribution in [3.8, 4) is 0 Å². The van der Waals surface area contributed by atoms with E-state index >= 15 is 0 Å². The lowest BCUT2D eigenvalue weighted by Gasteiger charge is -2.48. The first-order valence-corrected chi connectivity index (χ1v) is 9.42. The maximum atomic E-state index is 13.2. The zero-order valence-electron chi connectivity index (χ0n) is 15.9. The first-order chi connectivity index (χ1) is 13.0. The highest BCUT2D eigenvalue weighted by Crippen LogP contribution is 2.23. The standard InChI is InChI=1S/C19H27FN4O3/c1-3-18(25)27-19(26)24-13-12-23(16-6-4-15(20)5-7-16)14-17(24)22-10-8-21(2)9-11-22/h4-7,17H,3,8-14H2,1-2H3. The van der Waals surface area contributed by atoms with Crippen LogP contribution in [0.4, 0.5) is 14.9 Å². The Kier molecular flexibility index (Phi) is 6.28. The van der Waals surface area contributed by atoms with Crippen LogP contribution in [0.3, 0.4) is 0 Å². The Morgan fingerprint density at radius 3 is 2.37 bits per heavy atom. The van der Waals surface area contributed by atoms with Crippen LogP contribution in [-0.2, 0) is 9.53 Å². The number of likely N-dealkylation sites (N-methyl/N-ethyl adjacent to an activating group) is 1. The van der Waals surface area contributed by atoms with Gasteiger partial charge in [0.15, 0.2) is 0 Å². The quantitative estimate of drug-likeness (QED) is 0.588. The molecule has 2 heterocycles. The van der Waals surface area contributed by atoms with E-state index in [0.717, 1.165) is 31.9 Å². The second-order valence-corrected chi connectivity index (χ2v) is 7.03. The van der Waals surface area contributed by atoms with Gasteiger partial charge < -0.3 is 14.5 Å². The van der Waals surface area contributed by atoms with Crippen molar-refractivity contribution in [3.05, 3.63) is 30.1 Å². The molecule has 1 unspecified atom stereocenters. The number of halogens is 1. The molecule has 2 fully saturated rings. The molecule has 1 atom stereocenters. The number of piperazine rings is 2. The van der Waals surface area contributed by atoms with Gasteiger partial charge >= 0.3 is 12.1 Å². The summed E-state index contributed by atoms with van der Waals surface area (Å²) in [6.07, 6.45) is -0.598. The zero-order chi connectivity index (χ0) is 19.4. The first kappa shape index (κ1) is 19.6. The average Bonchev–Trinajstić information content (AvgIpc) is 2.68. The number of benzene rings is 1. The van der Waals surface area contributed by atoms with Gasteiger partial charge in [0.05, 0.1) is 6.54 Å². The molecule has 0 aliphatic carbocycles. The van der Waals surface area contributed by atoms with E-state index in [4.69, 9.17) is 4.74 Å². The lowest BCUT2D eigenvalue weighted by molar-refractivity contribution is -0.138. The Morgan fingerprint density at radius 1 is 1.07 bits per heavy atom. The van der Waals surface area contributed by atoms with Gasteiger partial charge in [-0.1, -0.05) is 6.92 Å². The number of amides is 1. The molecule has 2 saturated heterocycles. The summed E-state index contributed by atoms with van der Waals surface area (Å²) in [6, 6.07) is 6.40. The van der Waals surface area contributed by atoms with Gasteiger partial charge in [-0.15, -0.1) is 0 Å². The van der Waals surface area contributed by atoms with Crippen molar-refractivity contribution < 1.29 is 18.7 Å². The van der Waals surface area contributed by atoms with Crippen LogP contribution in [0.1, 0.15) is 13.3 Å². The minimum Gasteiger partial charge on any atom is -0.376 e. The highest BCUT2D eigenvalue weighted by Gasteiger charge is 2.37. The van der Waals surface area contributed by atoms with Gasteiger partial charge in [-0.05, 0) is 31.3 Å². The van der Waals surface area contributed by atoms with Gasteiger partial charge in [0.25, 0.3) is 0 Å². The molecule has 0 radical (unpaired) electrons. The molecule has 8 heteroatoms. The van der Waals surface area contributed by atoms with E-state index in [9.17, 15) is 14.0 Å². The highest BCUT2D eigenvalue weighted by molar-refractivity contribution is 5.84. The van der Waals surface area contributed by atoms with Crippen LogP contribution in [-0.4, -0.2) is 85.8 Å². The highest BCUT2D eigenvalue weighted by atomic mass is 19.1. The molecule has 1 amide bonds. The number of hydrogen-bond donors (Lipinski definition) is 0. The van der Waals surface area contributed by atoms with E-state index in [0.29, 0.717) is 19.6 Å². The minimum absolute atomic E-state index is 0.167. The largest absolute Gasteiger partial charge is 0.418 e. The van der Waals surface area contributed by atoms with Gasteiger partial charge in [-0.2, -0.15) is 0 Å². The van der Waals surface area contributed by atoms with Crippen LogP contribution in [0.5, 0.6) is 0 Å². The van der Waals surface area contributed by atoms with Crippen molar-refractivity contribution in [2.24, 2.45) is 0 Å². The summed E-state index contributed by atoms with van der Waals surface area (Å²) in [7, 11) is 2.08. The molecule has 148 valence electrons. The van der Waals surface area contributed by atoms with Crippen molar-refractivity contribution in [1.82, 2.24) is 14.7 Å². The summed E-state index contributed by atoms with van der Waals surface area (Å²) in [4.78, 5) is 32.4. The molecule has 0 spiro atoms.